The average molecular weight is 426 g/mol. The monoisotopic (exact) mass is 426 g/mol. The molecular weight excluding hydrogens is 404 g/mol. The number of fused-ring (bicyclic) bond motifs is 1. The molecule has 1 N–H and O–H groups in total. The first-order chi connectivity index (χ1) is 15.7. The molecule has 1 aliphatic rings. The fraction of sp³-hybridized carbons (Fsp3) is 0.160. The van der Waals surface area contributed by atoms with E-state index >= 15 is 0 Å². The highest BCUT2D eigenvalue weighted by atomic mass is 16.5. The van der Waals surface area contributed by atoms with Crippen molar-refractivity contribution in [3.05, 3.63) is 94.9 Å². The number of aromatic nitrogens is 2. The van der Waals surface area contributed by atoms with Crippen LogP contribution < -0.4 is 15.8 Å². The number of carbonyl (C=O) groups excluding carboxylic acids is 1. The van der Waals surface area contributed by atoms with Gasteiger partial charge < -0.3 is 15.0 Å². The zero-order valence-electron chi connectivity index (χ0n) is 17.4. The van der Waals surface area contributed by atoms with Crippen LogP contribution in [0.1, 0.15) is 10.5 Å². The molecule has 0 aliphatic carbocycles. The lowest BCUT2D eigenvalue weighted by Crippen LogP contribution is -2.36. The highest BCUT2D eigenvalue weighted by Crippen LogP contribution is 2.21. The third kappa shape index (κ3) is 3.86. The molecule has 160 valence electrons. The van der Waals surface area contributed by atoms with Crippen molar-refractivity contribution in [3.8, 4) is 5.69 Å². The highest BCUT2D eigenvalue weighted by Gasteiger charge is 2.18. The molecule has 2 heterocycles. The lowest BCUT2D eigenvalue weighted by Gasteiger charge is -2.28. The molecule has 0 spiro atoms. The second-order valence-corrected chi connectivity index (χ2v) is 7.55. The number of anilines is 2. The van der Waals surface area contributed by atoms with Crippen molar-refractivity contribution in [3.63, 3.8) is 0 Å². The van der Waals surface area contributed by atoms with Gasteiger partial charge in [-0.2, -0.15) is 9.78 Å². The molecule has 5 rings (SSSR count). The fourth-order valence-electron chi connectivity index (χ4n) is 3.87. The summed E-state index contributed by atoms with van der Waals surface area (Å²) in [5.74, 6) is -0.370. The number of amides is 1. The van der Waals surface area contributed by atoms with Gasteiger partial charge in [-0.25, -0.2) is 0 Å². The first-order valence-electron chi connectivity index (χ1n) is 10.5. The summed E-state index contributed by atoms with van der Waals surface area (Å²) >= 11 is 0. The smallest absolute Gasteiger partial charge is 0.279 e. The Balaban J connectivity index is 1.48. The van der Waals surface area contributed by atoms with Crippen molar-refractivity contribution in [2.24, 2.45) is 0 Å². The molecular formula is C25H22N4O3. The Bertz CT molecular complexity index is 1310. The van der Waals surface area contributed by atoms with Crippen LogP contribution in [0, 0.1) is 0 Å². The molecule has 7 nitrogen and oxygen atoms in total. The molecule has 0 unspecified atom stereocenters. The van der Waals surface area contributed by atoms with E-state index in [9.17, 15) is 9.59 Å². The van der Waals surface area contributed by atoms with Crippen LogP contribution in [-0.2, 0) is 4.74 Å². The standard InChI is InChI=1S/C25H22N4O3/c30-24(26-18-10-12-19(13-11-18)28-14-16-32-17-15-28)23-21-8-4-5-9-22(21)25(31)29(27-23)20-6-2-1-3-7-20/h1-13H,14-17H2,(H,26,30). The third-order valence-electron chi connectivity index (χ3n) is 5.52. The molecule has 1 amide bonds. The number of nitrogens with one attached hydrogen (secondary N) is 1. The maximum atomic E-state index is 13.2. The molecule has 0 atom stereocenters. The number of morpholine rings is 1. The number of hydrogen-bond acceptors (Lipinski definition) is 5. The van der Waals surface area contributed by atoms with E-state index in [1.165, 1.54) is 4.68 Å². The minimum Gasteiger partial charge on any atom is -0.378 e. The van der Waals surface area contributed by atoms with Crippen LogP contribution in [0.15, 0.2) is 83.7 Å². The van der Waals surface area contributed by atoms with E-state index in [-0.39, 0.29) is 17.2 Å². The van der Waals surface area contributed by atoms with Crippen LogP contribution in [0.5, 0.6) is 0 Å². The number of nitrogens with zero attached hydrogens (tertiary/aromatic N) is 3. The van der Waals surface area contributed by atoms with Gasteiger partial charge in [0.1, 0.15) is 0 Å². The van der Waals surface area contributed by atoms with E-state index in [1.807, 2.05) is 42.5 Å². The second-order valence-electron chi connectivity index (χ2n) is 7.55. The lowest BCUT2D eigenvalue weighted by molar-refractivity contribution is 0.102. The first-order valence-corrected chi connectivity index (χ1v) is 10.5. The average Bonchev–Trinajstić information content (AvgIpc) is 2.86. The summed E-state index contributed by atoms with van der Waals surface area (Å²) in [7, 11) is 0. The maximum absolute atomic E-state index is 13.2. The molecule has 0 saturated carbocycles. The Kier molecular flexibility index (Phi) is 5.39. The fourth-order valence-corrected chi connectivity index (χ4v) is 3.87. The molecule has 0 bridgehead atoms. The zero-order valence-corrected chi connectivity index (χ0v) is 17.4. The van der Waals surface area contributed by atoms with Crippen molar-refractivity contribution >= 4 is 28.1 Å². The van der Waals surface area contributed by atoms with E-state index in [0.717, 1.165) is 18.8 Å². The SMILES string of the molecule is O=C(Nc1ccc(N2CCOCC2)cc1)c1nn(-c2ccccc2)c(=O)c2ccccc12. The van der Waals surface area contributed by atoms with Gasteiger partial charge in [0, 0.05) is 29.9 Å². The Morgan fingerprint density at radius 2 is 1.47 bits per heavy atom. The van der Waals surface area contributed by atoms with Crippen molar-refractivity contribution in [1.29, 1.82) is 0 Å². The van der Waals surface area contributed by atoms with Gasteiger partial charge in [-0.05, 0) is 42.5 Å². The van der Waals surface area contributed by atoms with Crippen molar-refractivity contribution in [2.75, 3.05) is 36.5 Å². The normalized spacial score (nSPS) is 13.8. The Morgan fingerprint density at radius 1 is 0.812 bits per heavy atom. The highest BCUT2D eigenvalue weighted by molar-refractivity contribution is 6.11. The summed E-state index contributed by atoms with van der Waals surface area (Å²) in [6.07, 6.45) is 0. The second kappa shape index (κ2) is 8.64. The quantitative estimate of drug-likeness (QED) is 0.541. The van der Waals surface area contributed by atoms with E-state index in [1.54, 1.807) is 36.4 Å². The number of para-hydroxylation sites is 1. The van der Waals surface area contributed by atoms with Crippen LogP contribution >= 0.6 is 0 Å². The molecule has 3 aromatic carbocycles. The predicted octanol–water partition coefficient (Wildman–Crippen LogP) is 3.47. The van der Waals surface area contributed by atoms with Gasteiger partial charge in [0.05, 0.1) is 24.3 Å². The molecule has 1 aromatic heterocycles. The van der Waals surface area contributed by atoms with Crippen LogP contribution in [0.25, 0.3) is 16.5 Å². The van der Waals surface area contributed by atoms with Gasteiger partial charge >= 0.3 is 0 Å². The largest absolute Gasteiger partial charge is 0.378 e. The number of ether oxygens (including phenoxy) is 1. The molecule has 1 saturated heterocycles. The van der Waals surface area contributed by atoms with Gasteiger partial charge in [-0.3, -0.25) is 9.59 Å². The number of carbonyl (C=O) groups is 1. The van der Waals surface area contributed by atoms with Gasteiger partial charge in [0.15, 0.2) is 5.69 Å². The van der Waals surface area contributed by atoms with E-state index < -0.39 is 0 Å². The van der Waals surface area contributed by atoms with Gasteiger partial charge in [-0.1, -0.05) is 36.4 Å². The molecule has 32 heavy (non-hydrogen) atoms. The van der Waals surface area contributed by atoms with Gasteiger partial charge in [-0.15, -0.1) is 0 Å². The van der Waals surface area contributed by atoms with Gasteiger partial charge in [0.25, 0.3) is 11.5 Å². The van der Waals surface area contributed by atoms with Crippen LogP contribution in [-0.4, -0.2) is 42.0 Å². The number of rotatable bonds is 4. The van der Waals surface area contributed by atoms with E-state index in [4.69, 9.17) is 4.74 Å². The third-order valence-corrected chi connectivity index (χ3v) is 5.52. The topological polar surface area (TPSA) is 76.5 Å². The predicted molar refractivity (Wildman–Crippen MR) is 125 cm³/mol. The maximum Gasteiger partial charge on any atom is 0.279 e. The van der Waals surface area contributed by atoms with Crippen LogP contribution in [0.4, 0.5) is 11.4 Å². The lowest BCUT2D eigenvalue weighted by atomic mass is 10.1. The minimum atomic E-state index is -0.370. The van der Waals surface area contributed by atoms with E-state index in [2.05, 4.69) is 15.3 Å². The summed E-state index contributed by atoms with van der Waals surface area (Å²) in [4.78, 5) is 28.4. The molecule has 4 aromatic rings. The summed E-state index contributed by atoms with van der Waals surface area (Å²) in [5.41, 5.74) is 2.29. The molecule has 7 heteroatoms. The zero-order chi connectivity index (χ0) is 21.9. The van der Waals surface area contributed by atoms with Crippen LogP contribution in [0.2, 0.25) is 0 Å². The Morgan fingerprint density at radius 3 is 2.19 bits per heavy atom. The Hall–Kier alpha value is -3.97. The number of hydrogen-bond donors (Lipinski definition) is 1. The summed E-state index contributed by atoms with van der Waals surface area (Å²) < 4.78 is 6.68. The molecule has 1 fully saturated rings. The van der Waals surface area contributed by atoms with E-state index in [0.29, 0.717) is 35.4 Å². The molecule has 1 aliphatic heterocycles. The number of benzene rings is 3. The summed E-state index contributed by atoms with van der Waals surface area (Å²) in [5, 5.41) is 8.31. The summed E-state index contributed by atoms with van der Waals surface area (Å²) in [6.45, 7) is 3.13. The Labute approximate surface area is 184 Å². The van der Waals surface area contributed by atoms with Crippen molar-refractivity contribution in [1.82, 2.24) is 9.78 Å². The first kappa shape index (κ1) is 20.0. The van der Waals surface area contributed by atoms with Crippen LogP contribution in [0.3, 0.4) is 0 Å². The van der Waals surface area contributed by atoms with Crippen molar-refractivity contribution in [2.45, 2.75) is 0 Å². The molecule has 0 radical (unpaired) electrons. The minimum absolute atomic E-state index is 0.196. The summed E-state index contributed by atoms with van der Waals surface area (Å²) in [6, 6.07) is 23.8. The van der Waals surface area contributed by atoms with Crippen molar-refractivity contribution < 1.29 is 9.53 Å². The van der Waals surface area contributed by atoms with Gasteiger partial charge in [0.2, 0.25) is 0 Å².